The Hall–Kier alpha value is -2.28. The van der Waals surface area contributed by atoms with Crippen LogP contribution in [-0.4, -0.2) is 27.1 Å². The SMILES string of the molecule is CCOc1ccccc1NS(=O)(=O)c1ncccc1NC. The predicted molar refractivity (Wildman–Crippen MR) is 82.2 cm³/mol. The maximum absolute atomic E-state index is 12.5. The molecule has 2 rings (SSSR count). The van der Waals surface area contributed by atoms with Gasteiger partial charge in [-0.05, 0) is 31.2 Å². The van der Waals surface area contributed by atoms with Gasteiger partial charge in [0.1, 0.15) is 5.75 Å². The molecule has 0 bridgehead atoms. The molecule has 1 heterocycles. The summed E-state index contributed by atoms with van der Waals surface area (Å²) in [6.45, 7) is 2.28. The lowest BCUT2D eigenvalue weighted by Gasteiger charge is -2.13. The molecule has 0 aliphatic heterocycles. The van der Waals surface area contributed by atoms with Gasteiger partial charge in [-0.2, -0.15) is 8.42 Å². The van der Waals surface area contributed by atoms with E-state index in [4.69, 9.17) is 4.74 Å². The summed E-state index contributed by atoms with van der Waals surface area (Å²) >= 11 is 0. The quantitative estimate of drug-likeness (QED) is 0.856. The molecule has 0 aliphatic carbocycles. The van der Waals surface area contributed by atoms with Gasteiger partial charge in [0, 0.05) is 13.2 Å². The highest BCUT2D eigenvalue weighted by Gasteiger charge is 2.21. The number of hydrogen-bond donors (Lipinski definition) is 2. The molecule has 0 amide bonds. The van der Waals surface area contributed by atoms with Crippen molar-refractivity contribution in [1.29, 1.82) is 0 Å². The van der Waals surface area contributed by atoms with Gasteiger partial charge in [0.15, 0.2) is 5.03 Å². The van der Waals surface area contributed by atoms with Crippen molar-refractivity contribution in [2.45, 2.75) is 11.9 Å². The second kappa shape index (κ2) is 6.45. The zero-order chi connectivity index (χ0) is 15.3. The molecule has 0 fully saturated rings. The van der Waals surface area contributed by atoms with E-state index in [1.54, 1.807) is 43.4 Å². The second-order valence-electron chi connectivity index (χ2n) is 4.14. The van der Waals surface area contributed by atoms with E-state index in [2.05, 4.69) is 15.0 Å². The van der Waals surface area contributed by atoms with Crippen LogP contribution in [0.15, 0.2) is 47.6 Å². The molecule has 1 aromatic heterocycles. The van der Waals surface area contributed by atoms with Crippen LogP contribution in [0.1, 0.15) is 6.92 Å². The first-order valence-electron chi connectivity index (χ1n) is 6.46. The van der Waals surface area contributed by atoms with Gasteiger partial charge in [-0.1, -0.05) is 12.1 Å². The third-order valence-corrected chi connectivity index (χ3v) is 4.05. The summed E-state index contributed by atoms with van der Waals surface area (Å²) in [5, 5.41) is 2.76. The minimum Gasteiger partial charge on any atom is -0.492 e. The third-order valence-electron chi connectivity index (χ3n) is 2.73. The van der Waals surface area contributed by atoms with Crippen LogP contribution in [0.25, 0.3) is 0 Å². The normalized spacial score (nSPS) is 11.0. The van der Waals surface area contributed by atoms with Gasteiger partial charge in [0.2, 0.25) is 0 Å². The van der Waals surface area contributed by atoms with Gasteiger partial charge in [-0.25, -0.2) is 4.98 Å². The monoisotopic (exact) mass is 307 g/mol. The zero-order valence-electron chi connectivity index (χ0n) is 11.8. The molecule has 0 radical (unpaired) electrons. The summed E-state index contributed by atoms with van der Waals surface area (Å²) < 4.78 is 32.9. The molecule has 2 aromatic rings. The van der Waals surface area contributed by atoms with Crippen LogP contribution in [-0.2, 0) is 10.0 Å². The van der Waals surface area contributed by atoms with Crippen molar-refractivity contribution in [3.63, 3.8) is 0 Å². The van der Waals surface area contributed by atoms with Gasteiger partial charge in [0.25, 0.3) is 10.0 Å². The number of rotatable bonds is 6. The first-order chi connectivity index (χ1) is 10.1. The van der Waals surface area contributed by atoms with Crippen molar-refractivity contribution in [2.24, 2.45) is 0 Å². The van der Waals surface area contributed by atoms with E-state index in [0.717, 1.165) is 0 Å². The summed E-state index contributed by atoms with van der Waals surface area (Å²) in [5.41, 5.74) is 0.811. The summed E-state index contributed by atoms with van der Waals surface area (Å²) in [5.74, 6) is 0.477. The van der Waals surface area contributed by atoms with Crippen molar-refractivity contribution < 1.29 is 13.2 Å². The van der Waals surface area contributed by atoms with E-state index >= 15 is 0 Å². The number of pyridine rings is 1. The van der Waals surface area contributed by atoms with Gasteiger partial charge in [-0.15, -0.1) is 0 Å². The maximum Gasteiger partial charge on any atom is 0.281 e. The molecular weight excluding hydrogens is 290 g/mol. The molecule has 6 nitrogen and oxygen atoms in total. The molecule has 0 saturated heterocycles. The van der Waals surface area contributed by atoms with Crippen LogP contribution in [0, 0.1) is 0 Å². The Kier molecular flexibility index (Phi) is 4.64. The lowest BCUT2D eigenvalue weighted by atomic mass is 10.3. The van der Waals surface area contributed by atoms with Crippen LogP contribution in [0.3, 0.4) is 0 Å². The van der Waals surface area contributed by atoms with E-state index in [1.165, 1.54) is 6.20 Å². The number of benzene rings is 1. The standard InChI is InChI=1S/C14H17N3O3S/c1-3-20-13-9-5-4-7-11(13)17-21(18,19)14-12(15-2)8-6-10-16-14/h4-10,15,17H,3H2,1-2H3. The van der Waals surface area contributed by atoms with E-state index < -0.39 is 10.0 Å². The van der Waals surface area contributed by atoms with Crippen molar-refractivity contribution in [1.82, 2.24) is 4.98 Å². The topological polar surface area (TPSA) is 80.3 Å². The van der Waals surface area contributed by atoms with Crippen molar-refractivity contribution in [3.8, 4) is 5.75 Å². The zero-order valence-corrected chi connectivity index (χ0v) is 12.6. The first kappa shape index (κ1) is 15.1. The molecule has 21 heavy (non-hydrogen) atoms. The Morgan fingerprint density at radius 1 is 1.14 bits per heavy atom. The summed E-state index contributed by atoms with van der Waals surface area (Å²) in [6, 6.07) is 10.2. The van der Waals surface area contributed by atoms with Crippen LogP contribution in [0.2, 0.25) is 0 Å². The number of hydrogen-bond acceptors (Lipinski definition) is 5. The number of sulfonamides is 1. The smallest absolute Gasteiger partial charge is 0.281 e. The molecule has 0 spiro atoms. The molecule has 0 aliphatic rings. The number of para-hydroxylation sites is 2. The van der Waals surface area contributed by atoms with Gasteiger partial charge in [-0.3, -0.25) is 4.72 Å². The average Bonchev–Trinajstić information content (AvgIpc) is 2.49. The van der Waals surface area contributed by atoms with Gasteiger partial charge < -0.3 is 10.1 Å². The van der Waals surface area contributed by atoms with E-state index in [1.807, 2.05) is 6.92 Å². The third kappa shape index (κ3) is 3.43. The number of nitrogens with zero attached hydrogens (tertiary/aromatic N) is 1. The minimum atomic E-state index is -3.80. The predicted octanol–water partition coefficient (Wildman–Crippen LogP) is 2.32. The summed E-state index contributed by atoms with van der Waals surface area (Å²) in [7, 11) is -2.16. The van der Waals surface area contributed by atoms with Crippen molar-refractivity contribution in [2.75, 3.05) is 23.7 Å². The fourth-order valence-corrected chi connectivity index (χ4v) is 3.03. The average molecular weight is 307 g/mol. The van der Waals surface area contributed by atoms with Crippen molar-refractivity contribution in [3.05, 3.63) is 42.6 Å². The largest absolute Gasteiger partial charge is 0.492 e. The van der Waals surface area contributed by atoms with Crippen LogP contribution >= 0.6 is 0 Å². The lowest BCUT2D eigenvalue weighted by molar-refractivity contribution is 0.342. The second-order valence-corrected chi connectivity index (χ2v) is 5.74. The first-order valence-corrected chi connectivity index (χ1v) is 7.94. The number of anilines is 2. The summed E-state index contributed by atoms with van der Waals surface area (Å²) in [6.07, 6.45) is 1.43. The fourth-order valence-electron chi connectivity index (χ4n) is 1.82. The van der Waals surface area contributed by atoms with E-state index in [-0.39, 0.29) is 5.03 Å². The Labute approximate surface area is 124 Å². The number of ether oxygens (including phenoxy) is 1. The Morgan fingerprint density at radius 3 is 2.57 bits per heavy atom. The maximum atomic E-state index is 12.5. The lowest BCUT2D eigenvalue weighted by Crippen LogP contribution is -2.17. The molecule has 7 heteroatoms. The molecule has 0 unspecified atom stereocenters. The van der Waals surface area contributed by atoms with Crippen LogP contribution < -0.4 is 14.8 Å². The Bertz CT molecular complexity index is 717. The highest BCUT2D eigenvalue weighted by atomic mass is 32.2. The Balaban J connectivity index is 2.38. The van der Waals surface area contributed by atoms with Gasteiger partial charge >= 0.3 is 0 Å². The van der Waals surface area contributed by atoms with Crippen molar-refractivity contribution >= 4 is 21.4 Å². The highest BCUT2D eigenvalue weighted by Crippen LogP contribution is 2.27. The van der Waals surface area contributed by atoms with Gasteiger partial charge in [0.05, 0.1) is 18.0 Å². The molecule has 0 atom stereocenters. The van der Waals surface area contributed by atoms with Crippen LogP contribution in [0.4, 0.5) is 11.4 Å². The Morgan fingerprint density at radius 2 is 1.86 bits per heavy atom. The van der Waals surface area contributed by atoms with Crippen LogP contribution in [0.5, 0.6) is 5.75 Å². The molecule has 112 valence electrons. The number of nitrogens with one attached hydrogen (secondary N) is 2. The molecule has 0 saturated carbocycles. The molecular formula is C14H17N3O3S. The number of aromatic nitrogens is 1. The molecule has 2 N–H and O–H groups in total. The van der Waals surface area contributed by atoms with E-state index in [9.17, 15) is 8.42 Å². The highest BCUT2D eigenvalue weighted by molar-refractivity contribution is 7.92. The fraction of sp³-hybridized carbons (Fsp3) is 0.214. The minimum absolute atomic E-state index is 0.0567. The summed E-state index contributed by atoms with van der Waals surface area (Å²) in [4.78, 5) is 3.94. The molecule has 1 aromatic carbocycles. The van der Waals surface area contributed by atoms with E-state index in [0.29, 0.717) is 23.7 Å².